The first-order chi connectivity index (χ1) is 4.62. The van der Waals surface area contributed by atoms with Gasteiger partial charge in [-0.15, -0.1) is 0 Å². The summed E-state index contributed by atoms with van der Waals surface area (Å²) in [7, 11) is 0. The molecule has 58 valence electrons. The standard InChI is InChI=1S/C9H17N/c1-8-3-5-9(2,6-4-8)10-7-8/h10H,3-7H2,1-2H3. The third-order valence-corrected chi connectivity index (χ3v) is 3.50. The van der Waals surface area contributed by atoms with E-state index in [0.717, 1.165) is 0 Å². The largest absolute Gasteiger partial charge is 0.311 e. The smallest absolute Gasteiger partial charge is 0.0154 e. The minimum atomic E-state index is 0.512. The fourth-order valence-electron chi connectivity index (χ4n) is 2.19. The van der Waals surface area contributed by atoms with Gasteiger partial charge in [-0.25, -0.2) is 0 Å². The summed E-state index contributed by atoms with van der Waals surface area (Å²) in [4.78, 5) is 0. The van der Waals surface area contributed by atoms with Crippen molar-refractivity contribution in [2.45, 2.75) is 45.1 Å². The lowest BCUT2D eigenvalue weighted by molar-refractivity contribution is 0.0596. The van der Waals surface area contributed by atoms with Crippen LogP contribution in [0.5, 0.6) is 0 Å². The zero-order chi connectivity index (χ0) is 7.24. The highest BCUT2D eigenvalue weighted by atomic mass is 15.0. The first kappa shape index (κ1) is 6.66. The Kier molecular flexibility index (Phi) is 1.17. The van der Waals surface area contributed by atoms with Gasteiger partial charge < -0.3 is 5.32 Å². The molecule has 1 saturated carbocycles. The van der Waals surface area contributed by atoms with E-state index in [0.29, 0.717) is 11.0 Å². The lowest BCUT2D eigenvalue weighted by Gasteiger charge is -2.51. The Morgan fingerprint density at radius 1 is 1.00 bits per heavy atom. The van der Waals surface area contributed by atoms with Crippen LogP contribution in [0.2, 0.25) is 0 Å². The van der Waals surface area contributed by atoms with Gasteiger partial charge in [-0.3, -0.25) is 0 Å². The van der Waals surface area contributed by atoms with Crippen LogP contribution in [0.25, 0.3) is 0 Å². The number of hydrogen-bond acceptors (Lipinski definition) is 1. The quantitative estimate of drug-likeness (QED) is 0.540. The maximum absolute atomic E-state index is 3.64. The molecule has 1 nitrogen and oxygen atoms in total. The Morgan fingerprint density at radius 3 is 1.90 bits per heavy atom. The number of hydrogen-bond donors (Lipinski definition) is 1. The minimum Gasteiger partial charge on any atom is -0.311 e. The van der Waals surface area contributed by atoms with Crippen molar-refractivity contribution in [1.29, 1.82) is 0 Å². The van der Waals surface area contributed by atoms with Gasteiger partial charge in [-0.05, 0) is 38.0 Å². The van der Waals surface area contributed by atoms with Crippen molar-refractivity contribution in [2.24, 2.45) is 5.41 Å². The van der Waals surface area contributed by atoms with Crippen molar-refractivity contribution in [2.75, 3.05) is 6.54 Å². The molecular formula is C9H17N. The number of nitrogens with one attached hydrogen (secondary N) is 1. The van der Waals surface area contributed by atoms with Crippen LogP contribution >= 0.6 is 0 Å². The van der Waals surface area contributed by atoms with E-state index in [1.807, 2.05) is 0 Å². The normalized spacial score (nSPS) is 53.4. The van der Waals surface area contributed by atoms with E-state index >= 15 is 0 Å². The summed E-state index contributed by atoms with van der Waals surface area (Å²) >= 11 is 0. The summed E-state index contributed by atoms with van der Waals surface area (Å²) in [5, 5.41) is 3.64. The molecule has 0 radical (unpaired) electrons. The Balaban J connectivity index is 2.16. The summed E-state index contributed by atoms with van der Waals surface area (Å²) in [6.45, 7) is 6.04. The molecule has 0 aromatic carbocycles. The lowest BCUT2D eigenvalue weighted by atomic mass is 9.65. The monoisotopic (exact) mass is 139 g/mol. The fourth-order valence-corrected chi connectivity index (χ4v) is 2.19. The maximum Gasteiger partial charge on any atom is 0.0154 e. The summed E-state index contributed by atoms with van der Waals surface area (Å²) < 4.78 is 0. The van der Waals surface area contributed by atoms with E-state index < -0.39 is 0 Å². The molecule has 10 heavy (non-hydrogen) atoms. The van der Waals surface area contributed by atoms with Crippen LogP contribution in [0.1, 0.15) is 39.5 Å². The molecule has 3 fully saturated rings. The molecule has 0 aromatic rings. The molecule has 0 unspecified atom stereocenters. The van der Waals surface area contributed by atoms with E-state index in [1.54, 1.807) is 0 Å². The van der Waals surface area contributed by atoms with E-state index in [-0.39, 0.29) is 0 Å². The van der Waals surface area contributed by atoms with Gasteiger partial charge >= 0.3 is 0 Å². The molecule has 0 aromatic heterocycles. The van der Waals surface area contributed by atoms with Crippen molar-refractivity contribution < 1.29 is 0 Å². The van der Waals surface area contributed by atoms with Gasteiger partial charge in [0.1, 0.15) is 0 Å². The van der Waals surface area contributed by atoms with E-state index in [4.69, 9.17) is 0 Å². The molecule has 2 aliphatic heterocycles. The number of fused-ring (bicyclic) bond motifs is 3. The third kappa shape index (κ3) is 0.878. The molecule has 3 aliphatic rings. The molecule has 3 rings (SSSR count). The van der Waals surface area contributed by atoms with E-state index in [1.165, 1.54) is 32.2 Å². The predicted octanol–water partition coefficient (Wildman–Crippen LogP) is 1.93. The molecule has 0 atom stereocenters. The molecule has 1 aliphatic carbocycles. The Hall–Kier alpha value is -0.0400. The molecule has 2 bridgehead atoms. The van der Waals surface area contributed by atoms with Gasteiger partial charge in [0.25, 0.3) is 0 Å². The lowest BCUT2D eigenvalue weighted by Crippen LogP contribution is -2.57. The predicted molar refractivity (Wildman–Crippen MR) is 43.0 cm³/mol. The number of rotatable bonds is 0. The van der Waals surface area contributed by atoms with Crippen molar-refractivity contribution in [1.82, 2.24) is 5.32 Å². The Bertz CT molecular complexity index is 108. The summed E-state index contributed by atoms with van der Waals surface area (Å²) in [6, 6.07) is 0. The van der Waals surface area contributed by atoms with Gasteiger partial charge in [0, 0.05) is 12.1 Å². The SMILES string of the molecule is CC12CCC(C)(CC1)NC2. The van der Waals surface area contributed by atoms with Crippen LogP contribution in [0.3, 0.4) is 0 Å². The molecule has 2 saturated heterocycles. The second kappa shape index (κ2) is 1.76. The van der Waals surface area contributed by atoms with Crippen LogP contribution in [-0.4, -0.2) is 12.1 Å². The van der Waals surface area contributed by atoms with Crippen LogP contribution in [0.15, 0.2) is 0 Å². The third-order valence-electron chi connectivity index (χ3n) is 3.50. The van der Waals surface area contributed by atoms with E-state index in [2.05, 4.69) is 19.2 Å². The molecule has 1 heteroatoms. The maximum atomic E-state index is 3.64. The Labute approximate surface area is 63.2 Å². The minimum absolute atomic E-state index is 0.512. The van der Waals surface area contributed by atoms with Crippen LogP contribution < -0.4 is 5.32 Å². The van der Waals surface area contributed by atoms with Crippen molar-refractivity contribution in [3.8, 4) is 0 Å². The molecule has 0 spiro atoms. The highest BCUT2D eigenvalue weighted by molar-refractivity contribution is 5.00. The highest BCUT2D eigenvalue weighted by Crippen LogP contribution is 2.44. The first-order valence-corrected chi connectivity index (χ1v) is 4.37. The Morgan fingerprint density at radius 2 is 1.60 bits per heavy atom. The van der Waals surface area contributed by atoms with Crippen molar-refractivity contribution in [3.05, 3.63) is 0 Å². The van der Waals surface area contributed by atoms with Gasteiger partial charge in [-0.2, -0.15) is 0 Å². The van der Waals surface area contributed by atoms with E-state index in [9.17, 15) is 0 Å². The van der Waals surface area contributed by atoms with Crippen molar-refractivity contribution >= 4 is 0 Å². The summed E-state index contributed by atoms with van der Waals surface area (Å²) in [5.41, 5.74) is 1.16. The van der Waals surface area contributed by atoms with Gasteiger partial charge in [-0.1, -0.05) is 6.92 Å². The molecular weight excluding hydrogens is 122 g/mol. The average Bonchev–Trinajstić information content (AvgIpc) is 1.93. The van der Waals surface area contributed by atoms with Crippen LogP contribution in [0.4, 0.5) is 0 Å². The zero-order valence-corrected chi connectivity index (χ0v) is 7.04. The fraction of sp³-hybridized carbons (Fsp3) is 1.00. The first-order valence-electron chi connectivity index (χ1n) is 4.37. The average molecular weight is 139 g/mol. The second-order valence-corrected chi connectivity index (χ2v) is 4.72. The summed E-state index contributed by atoms with van der Waals surface area (Å²) in [5.74, 6) is 0. The summed E-state index contributed by atoms with van der Waals surface area (Å²) in [6.07, 6.45) is 5.67. The highest BCUT2D eigenvalue weighted by Gasteiger charge is 2.42. The van der Waals surface area contributed by atoms with Crippen molar-refractivity contribution in [3.63, 3.8) is 0 Å². The van der Waals surface area contributed by atoms with Gasteiger partial charge in [0.2, 0.25) is 0 Å². The second-order valence-electron chi connectivity index (χ2n) is 4.72. The molecule has 1 N–H and O–H groups in total. The van der Waals surface area contributed by atoms with Crippen LogP contribution in [-0.2, 0) is 0 Å². The van der Waals surface area contributed by atoms with Crippen LogP contribution in [0, 0.1) is 5.41 Å². The van der Waals surface area contributed by atoms with Gasteiger partial charge in [0.15, 0.2) is 0 Å². The molecule has 0 amide bonds. The topological polar surface area (TPSA) is 12.0 Å². The van der Waals surface area contributed by atoms with Gasteiger partial charge in [0.05, 0.1) is 0 Å². The zero-order valence-electron chi connectivity index (χ0n) is 7.04. The number of piperidine rings is 2. The molecule has 2 heterocycles.